The summed E-state index contributed by atoms with van der Waals surface area (Å²) < 4.78 is 5.78. The molecule has 1 aromatic heterocycles. The van der Waals surface area contributed by atoms with Gasteiger partial charge in [-0.3, -0.25) is 0 Å². The van der Waals surface area contributed by atoms with Crippen molar-refractivity contribution in [2.75, 3.05) is 18.1 Å². The van der Waals surface area contributed by atoms with Crippen LogP contribution in [0.2, 0.25) is 0 Å². The predicted octanol–water partition coefficient (Wildman–Crippen LogP) is 1.65. The Morgan fingerprint density at radius 1 is 1.41 bits per heavy atom. The smallest absolute Gasteiger partial charge is 0.225 e. The Labute approximate surface area is 101 Å². The van der Waals surface area contributed by atoms with Crippen molar-refractivity contribution < 1.29 is 4.74 Å². The van der Waals surface area contributed by atoms with Gasteiger partial charge in [-0.05, 0) is 18.9 Å². The van der Waals surface area contributed by atoms with E-state index in [-0.39, 0.29) is 0 Å². The molecule has 0 unspecified atom stereocenters. The summed E-state index contributed by atoms with van der Waals surface area (Å²) >= 11 is 0. The first kappa shape index (κ1) is 10.7. The zero-order chi connectivity index (χ0) is 11.7. The van der Waals surface area contributed by atoms with Crippen LogP contribution in [0.1, 0.15) is 12.8 Å². The van der Waals surface area contributed by atoms with Crippen LogP contribution < -0.4 is 4.90 Å². The summed E-state index contributed by atoms with van der Waals surface area (Å²) in [5, 5.41) is 0. The fourth-order valence-electron chi connectivity index (χ4n) is 2.99. The molecule has 0 aromatic carbocycles. The number of ether oxygens (including phenoxy) is 1. The van der Waals surface area contributed by atoms with Gasteiger partial charge in [0.05, 0.1) is 12.7 Å². The number of hydrogen-bond acceptors (Lipinski definition) is 4. The lowest BCUT2D eigenvalue weighted by Gasteiger charge is -2.31. The van der Waals surface area contributed by atoms with Gasteiger partial charge in [0.2, 0.25) is 5.95 Å². The largest absolute Gasteiger partial charge is 0.374 e. The van der Waals surface area contributed by atoms with Crippen LogP contribution in [0.3, 0.4) is 0 Å². The molecule has 90 valence electrons. The molecule has 4 heteroatoms. The standard InChI is InChI=1S/C13H17N3O/c1-2-6-17-12-8-11-7-10(12)9-16(11)13-14-4-3-5-15-13/h2-5,10-12H,1,6-9H2/t10-,11+,12+/m0/s1. The summed E-state index contributed by atoms with van der Waals surface area (Å²) in [5.41, 5.74) is 0. The minimum Gasteiger partial charge on any atom is -0.374 e. The van der Waals surface area contributed by atoms with Gasteiger partial charge in [0.1, 0.15) is 0 Å². The van der Waals surface area contributed by atoms with Gasteiger partial charge in [-0.25, -0.2) is 9.97 Å². The van der Waals surface area contributed by atoms with Gasteiger partial charge in [0.15, 0.2) is 0 Å². The van der Waals surface area contributed by atoms with Crippen LogP contribution in [0.5, 0.6) is 0 Å². The minimum atomic E-state index is 0.401. The molecule has 3 rings (SSSR count). The Hall–Kier alpha value is -1.42. The maximum atomic E-state index is 5.78. The van der Waals surface area contributed by atoms with Gasteiger partial charge in [0.25, 0.3) is 0 Å². The second-order valence-electron chi connectivity index (χ2n) is 4.75. The zero-order valence-corrected chi connectivity index (χ0v) is 9.83. The van der Waals surface area contributed by atoms with Gasteiger partial charge >= 0.3 is 0 Å². The first-order valence-corrected chi connectivity index (χ1v) is 6.14. The highest BCUT2D eigenvalue weighted by molar-refractivity contribution is 5.35. The average molecular weight is 231 g/mol. The molecule has 0 radical (unpaired) electrons. The van der Waals surface area contributed by atoms with E-state index in [2.05, 4.69) is 21.4 Å². The number of nitrogens with zero attached hydrogens (tertiary/aromatic N) is 3. The van der Waals surface area contributed by atoms with E-state index in [4.69, 9.17) is 4.74 Å². The molecule has 1 aliphatic carbocycles. The fraction of sp³-hybridized carbons (Fsp3) is 0.538. The summed E-state index contributed by atoms with van der Waals surface area (Å²) in [5.74, 6) is 1.49. The zero-order valence-electron chi connectivity index (χ0n) is 9.83. The molecular weight excluding hydrogens is 214 g/mol. The van der Waals surface area contributed by atoms with Gasteiger partial charge in [-0.1, -0.05) is 6.08 Å². The van der Waals surface area contributed by atoms with Crippen LogP contribution >= 0.6 is 0 Å². The third kappa shape index (κ3) is 1.93. The van der Waals surface area contributed by atoms with Crippen molar-refractivity contribution in [3.8, 4) is 0 Å². The van der Waals surface area contributed by atoms with Crippen LogP contribution in [0, 0.1) is 5.92 Å². The molecule has 3 atom stereocenters. The molecule has 1 saturated carbocycles. The van der Waals surface area contributed by atoms with E-state index in [0.717, 1.165) is 18.9 Å². The number of aromatic nitrogens is 2. The first-order valence-electron chi connectivity index (χ1n) is 6.14. The molecule has 1 saturated heterocycles. The lowest BCUT2D eigenvalue weighted by molar-refractivity contribution is 0.0424. The maximum Gasteiger partial charge on any atom is 0.225 e. The summed E-state index contributed by atoms with van der Waals surface area (Å²) in [6.07, 6.45) is 8.14. The Balaban J connectivity index is 1.66. The van der Waals surface area contributed by atoms with Crippen molar-refractivity contribution in [2.45, 2.75) is 25.0 Å². The van der Waals surface area contributed by atoms with Crippen molar-refractivity contribution in [1.82, 2.24) is 9.97 Å². The summed E-state index contributed by atoms with van der Waals surface area (Å²) in [7, 11) is 0. The third-order valence-corrected chi connectivity index (χ3v) is 3.71. The van der Waals surface area contributed by atoms with E-state index in [9.17, 15) is 0 Å². The molecule has 4 nitrogen and oxygen atoms in total. The molecule has 0 spiro atoms. The van der Waals surface area contributed by atoms with E-state index in [0.29, 0.717) is 24.7 Å². The van der Waals surface area contributed by atoms with Crippen LogP contribution in [-0.2, 0) is 4.74 Å². The molecule has 2 aliphatic rings. The Morgan fingerprint density at radius 2 is 2.24 bits per heavy atom. The molecular formula is C13H17N3O. The second kappa shape index (κ2) is 4.45. The molecule has 0 amide bonds. The van der Waals surface area contributed by atoms with Crippen LogP contribution in [0.4, 0.5) is 5.95 Å². The number of fused-ring (bicyclic) bond motifs is 2. The number of anilines is 1. The fourth-order valence-corrected chi connectivity index (χ4v) is 2.99. The highest BCUT2D eigenvalue weighted by Gasteiger charge is 2.45. The predicted molar refractivity (Wildman–Crippen MR) is 65.8 cm³/mol. The molecule has 2 heterocycles. The van der Waals surface area contributed by atoms with Gasteiger partial charge in [-0.15, -0.1) is 6.58 Å². The lowest BCUT2D eigenvalue weighted by atomic mass is 10.1. The Kier molecular flexibility index (Phi) is 2.81. The highest BCUT2D eigenvalue weighted by Crippen LogP contribution is 2.40. The molecule has 1 aliphatic heterocycles. The van der Waals surface area contributed by atoms with Crippen LogP contribution in [-0.4, -0.2) is 35.3 Å². The normalized spacial score (nSPS) is 30.8. The SMILES string of the molecule is C=CCO[C@@H]1C[C@H]2C[C@H]1CN2c1ncccn1. The van der Waals surface area contributed by atoms with Crippen molar-refractivity contribution in [3.05, 3.63) is 31.1 Å². The topological polar surface area (TPSA) is 38.2 Å². The van der Waals surface area contributed by atoms with E-state index in [1.54, 1.807) is 12.4 Å². The Bertz CT molecular complexity index is 395. The van der Waals surface area contributed by atoms with E-state index in [1.807, 2.05) is 12.1 Å². The van der Waals surface area contributed by atoms with Crippen molar-refractivity contribution in [2.24, 2.45) is 5.92 Å². The van der Waals surface area contributed by atoms with Gasteiger partial charge < -0.3 is 9.64 Å². The molecule has 0 N–H and O–H groups in total. The monoisotopic (exact) mass is 231 g/mol. The summed E-state index contributed by atoms with van der Waals surface area (Å²) in [6.45, 7) is 5.38. The first-order chi connectivity index (χ1) is 8.38. The van der Waals surface area contributed by atoms with Crippen LogP contribution in [0.25, 0.3) is 0 Å². The summed E-state index contributed by atoms with van der Waals surface area (Å²) in [6, 6.07) is 2.41. The minimum absolute atomic E-state index is 0.401. The Morgan fingerprint density at radius 3 is 2.88 bits per heavy atom. The molecule has 17 heavy (non-hydrogen) atoms. The van der Waals surface area contributed by atoms with Crippen LogP contribution in [0.15, 0.2) is 31.1 Å². The maximum absolute atomic E-state index is 5.78. The average Bonchev–Trinajstić information content (AvgIpc) is 2.97. The van der Waals surface area contributed by atoms with Crippen molar-refractivity contribution in [3.63, 3.8) is 0 Å². The molecule has 1 aromatic rings. The highest BCUT2D eigenvalue weighted by atomic mass is 16.5. The van der Waals surface area contributed by atoms with Crippen molar-refractivity contribution in [1.29, 1.82) is 0 Å². The third-order valence-electron chi connectivity index (χ3n) is 3.71. The van der Waals surface area contributed by atoms with Crippen molar-refractivity contribution >= 4 is 5.95 Å². The van der Waals surface area contributed by atoms with E-state index in [1.165, 1.54) is 6.42 Å². The quantitative estimate of drug-likeness (QED) is 0.738. The number of rotatable bonds is 4. The molecule has 2 fully saturated rings. The number of hydrogen-bond donors (Lipinski definition) is 0. The van der Waals surface area contributed by atoms with Gasteiger partial charge in [-0.2, -0.15) is 0 Å². The number of piperidine rings is 1. The van der Waals surface area contributed by atoms with E-state index >= 15 is 0 Å². The lowest BCUT2D eigenvalue weighted by Crippen LogP contribution is -2.39. The van der Waals surface area contributed by atoms with Gasteiger partial charge in [0, 0.05) is 30.9 Å². The summed E-state index contributed by atoms with van der Waals surface area (Å²) in [4.78, 5) is 11.0. The molecule has 2 bridgehead atoms. The second-order valence-corrected chi connectivity index (χ2v) is 4.75. The van der Waals surface area contributed by atoms with E-state index < -0.39 is 0 Å².